The van der Waals surface area contributed by atoms with Gasteiger partial charge in [-0.1, -0.05) is 101 Å². The minimum Gasteiger partial charge on any atom is -0.0847 e. The van der Waals surface area contributed by atoms with Crippen molar-refractivity contribution >= 4 is 15.9 Å². The predicted octanol–water partition coefficient (Wildman–Crippen LogP) is 8.03. The van der Waals surface area contributed by atoms with E-state index in [9.17, 15) is 0 Å². The Bertz CT molecular complexity index is 243. The first kappa shape index (κ1) is 19.5. The summed E-state index contributed by atoms with van der Waals surface area (Å²) in [5.74, 6) is 0. The molecule has 0 radical (unpaired) electrons. The molecule has 1 rings (SSSR count). The van der Waals surface area contributed by atoms with Gasteiger partial charge in [0.2, 0.25) is 0 Å². The highest BCUT2D eigenvalue weighted by Crippen LogP contribution is 2.56. The van der Waals surface area contributed by atoms with Gasteiger partial charge in [0.15, 0.2) is 0 Å². The van der Waals surface area contributed by atoms with Crippen molar-refractivity contribution in [2.24, 2.45) is 5.41 Å². The van der Waals surface area contributed by atoms with Gasteiger partial charge in [0, 0.05) is 4.32 Å². The fourth-order valence-corrected chi connectivity index (χ4v) is 5.57. The van der Waals surface area contributed by atoms with E-state index in [0.29, 0.717) is 9.74 Å². The minimum absolute atomic E-state index is 0.431. The molecule has 0 bridgehead atoms. The highest BCUT2D eigenvalue weighted by molar-refractivity contribution is 9.10. The number of rotatable bonds is 9. The topological polar surface area (TPSA) is 0 Å². The molecule has 0 amide bonds. The maximum atomic E-state index is 4.37. The molecular formula is C20H39Br. The summed E-state index contributed by atoms with van der Waals surface area (Å²) >= 11 is 4.37. The van der Waals surface area contributed by atoms with Gasteiger partial charge in [-0.3, -0.25) is 0 Å². The summed E-state index contributed by atoms with van der Waals surface area (Å²) in [4.78, 5) is 0. The van der Waals surface area contributed by atoms with Gasteiger partial charge in [-0.2, -0.15) is 0 Å². The minimum atomic E-state index is 0.431. The number of alkyl halides is 1. The van der Waals surface area contributed by atoms with Crippen LogP contribution < -0.4 is 0 Å². The zero-order chi connectivity index (χ0) is 15.6. The summed E-state index contributed by atoms with van der Waals surface area (Å²) in [6, 6.07) is 0. The van der Waals surface area contributed by atoms with Crippen molar-refractivity contribution < 1.29 is 0 Å². The molecule has 126 valence electrons. The second-order valence-corrected chi connectivity index (χ2v) is 8.99. The fraction of sp³-hybridized carbons (Fsp3) is 1.00. The summed E-state index contributed by atoms with van der Waals surface area (Å²) in [5.41, 5.74) is 0.578. The van der Waals surface area contributed by atoms with Crippen molar-refractivity contribution in [1.29, 1.82) is 0 Å². The predicted molar refractivity (Wildman–Crippen MR) is 100 cm³/mol. The normalized spacial score (nSPS) is 26.3. The van der Waals surface area contributed by atoms with Crippen LogP contribution in [0.25, 0.3) is 0 Å². The standard InChI is InChI=1S/C20H39Br/c1-4-7-14-19(15-8-5-2)16-12-10-11-13-18-20(19,21)17-9-6-3/h4-18H2,1-3H3. The van der Waals surface area contributed by atoms with Crippen molar-refractivity contribution in [1.82, 2.24) is 0 Å². The Morgan fingerprint density at radius 3 is 1.67 bits per heavy atom. The molecule has 1 heteroatoms. The number of unbranched alkanes of at least 4 members (excludes halogenated alkanes) is 3. The molecule has 1 fully saturated rings. The largest absolute Gasteiger partial charge is 0.0847 e. The molecule has 1 atom stereocenters. The van der Waals surface area contributed by atoms with E-state index in [1.165, 1.54) is 96.3 Å². The molecule has 0 aliphatic heterocycles. The van der Waals surface area contributed by atoms with Gasteiger partial charge in [0.1, 0.15) is 0 Å². The van der Waals surface area contributed by atoms with E-state index in [2.05, 4.69) is 36.7 Å². The maximum absolute atomic E-state index is 4.37. The first-order valence-corrected chi connectivity index (χ1v) is 10.6. The highest BCUT2D eigenvalue weighted by Gasteiger charge is 2.47. The molecule has 1 unspecified atom stereocenters. The third-order valence-electron chi connectivity index (χ3n) is 5.87. The number of hydrogen-bond acceptors (Lipinski definition) is 0. The zero-order valence-electron chi connectivity index (χ0n) is 15.0. The van der Waals surface area contributed by atoms with Crippen LogP contribution in [0.1, 0.15) is 117 Å². The molecule has 0 aromatic heterocycles. The Morgan fingerprint density at radius 1 is 0.667 bits per heavy atom. The summed E-state index contributed by atoms with van der Waals surface area (Å²) in [7, 11) is 0. The second kappa shape index (κ2) is 10.3. The van der Waals surface area contributed by atoms with E-state index in [-0.39, 0.29) is 0 Å². The smallest absolute Gasteiger partial charge is 0.0314 e. The van der Waals surface area contributed by atoms with E-state index in [4.69, 9.17) is 0 Å². The van der Waals surface area contributed by atoms with Crippen molar-refractivity contribution in [3.63, 3.8) is 0 Å². The summed E-state index contributed by atoms with van der Waals surface area (Å²) in [5, 5.41) is 0. The molecule has 0 spiro atoms. The average Bonchev–Trinajstić information content (AvgIpc) is 2.49. The molecule has 0 nitrogen and oxygen atoms in total. The Kier molecular flexibility index (Phi) is 9.57. The van der Waals surface area contributed by atoms with Crippen LogP contribution in [0.5, 0.6) is 0 Å². The first-order chi connectivity index (χ1) is 10.1. The van der Waals surface area contributed by atoms with Gasteiger partial charge in [-0.25, -0.2) is 0 Å². The molecule has 0 aromatic rings. The van der Waals surface area contributed by atoms with E-state index in [0.717, 1.165) is 0 Å². The monoisotopic (exact) mass is 358 g/mol. The van der Waals surface area contributed by atoms with Gasteiger partial charge in [0.25, 0.3) is 0 Å². The maximum Gasteiger partial charge on any atom is 0.0314 e. The van der Waals surface area contributed by atoms with Crippen molar-refractivity contribution in [3.05, 3.63) is 0 Å². The molecular weight excluding hydrogens is 320 g/mol. The Morgan fingerprint density at radius 2 is 1.14 bits per heavy atom. The third-order valence-corrected chi connectivity index (χ3v) is 7.51. The van der Waals surface area contributed by atoms with Gasteiger partial charge >= 0.3 is 0 Å². The van der Waals surface area contributed by atoms with Crippen LogP contribution in [0, 0.1) is 5.41 Å². The molecule has 0 heterocycles. The lowest BCUT2D eigenvalue weighted by atomic mass is 9.62. The van der Waals surface area contributed by atoms with Crippen LogP contribution in [0.2, 0.25) is 0 Å². The lowest BCUT2D eigenvalue weighted by Gasteiger charge is -2.50. The second-order valence-electron chi connectivity index (χ2n) is 7.47. The SMILES string of the molecule is CCCCC1(Br)CCCCCCC1(CCCC)CCCC. The molecule has 1 saturated carbocycles. The molecule has 21 heavy (non-hydrogen) atoms. The van der Waals surface area contributed by atoms with Crippen LogP contribution in [0.15, 0.2) is 0 Å². The van der Waals surface area contributed by atoms with Crippen LogP contribution in [0.3, 0.4) is 0 Å². The quantitative estimate of drug-likeness (QED) is 0.365. The Labute approximate surface area is 143 Å². The van der Waals surface area contributed by atoms with Crippen LogP contribution in [-0.2, 0) is 0 Å². The van der Waals surface area contributed by atoms with Crippen molar-refractivity contribution in [3.8, 4) is 0 Å². The summed E-state index contributed by atoms with van der Waals surface area (Å²) in [6.07, 6.45) is 21.3. The Balaban J connectivity index is 2.97. The fourth-order valence-electron chi connectivity index (χ4n) is 4.41. The van der Waals surface area contributed by atoms with E-state index >= 15 is 0 Å². The summed E-state index contributed by atoms with van der Waals surface area (Å²) in [6.45, 7) is 7.07. The lowest BCUT2D eigenvalue weighted by molar-refractivity contribution is 0.107. The van der Waals surface area contributed by atoms with Gasteiger partial charge < -0.3 is 0 Å². The van der Waals surface area contributed by atoms with Crippen LogP contribution in [-0.4, -0.2) is 4.32 Å². The molecule has 0 N–H and O–H groups in total. The van der Waals surface area contributed by atoms with Crippen molar-refractivity contribution in [2.75, 3.05) is 0 Å². The molecule has 1 aliphatic carbocycles. The van der Waals surface area contributed by atoms with Gasteiger partial charge in [-0.05, 0) is 37.5 Å². The van der Waals surface area contributed by atoms with Gasteiger partial charge in [0.05, 0.1) is 0 Å². The zero-order valence-corrected chi connectivity index (χ0v) is 16.6. The highest BCUT2D eigenvalue weighted by atomic mass is 79.9. The van der Waals surface area contributed by atoms with E-state index in [1.807, 2.05) is 0 Å². The summed E-state index contributed by atoms with van der Waals surface area (Å²) < 4.78 is 0.431. The van der Waals surface area contributed by atoms with E-state index < -0.39 is 0 Å². The number of hydrogen-bond donors (Lipinski definition) is 0. The third kappa shape index (κ3) is 5.56. The number of halogens is 1. The van der Waals surface area contributed by atoms with Crippen LogP contribution >= 0.6 is 15.9 Å². The van der Waals surface area contributed by atoms with E-state index in [1.54, 1.807) is 0 Å². The van der Waals surface area contributed by atoms with Crippen molar-refractivity contribution in [2.45, 2.75) is 121 Å². The Hall–Kier alpha value is 0.480. The lowest BCUT2D eigenvalue weighted by Crippen LogP contribution is -2.44. The van der Waals surface area contributed by atoms with Gasteiger partial charge in [-0.15, -0.1) is 0 Å². The van der Waals surface area contributed by atoms with Crippen LogP contribution in [0.4, 0.5) is 0 Å². The first-order valence-electron chi connectivity index (χ1n) is 9.83. The molecule has 1 aliphatic rings. The average molecular weight is 359 g/mol. The molecule has 0 aromatic carbocycles. The molecule has 0 saturated heterocycles.